The maximum Gasteiger partial charge on any atom is 0.157 e. The lowest BCUT2D eigenvalue weighted by Crippen LogP contribution is -1.95. The highest BCUT2D eigenvalue weighted by Crippen LogP contribution is 2.11. The Hall–Kier alpha value is -2.30. The van der Waals surface area contributed by atoms with Crippen molar-refractivity contribution < 1.29 is 4.74 Å². The molecular weight excluding hydrogens is 228 g/mol. The van der Waals surface area contributed by atoms with Crippen molar-refractivity contribution in [3.8, 4) is 5.75 Å². The molecule has 0 N–H and O–H groups in total. The normalized spacial score (nSPS) is 10.9. The van der Waals surface area contributed by atoms with Gasteiger partial charge >= 0.3 is 0 Å². The molecule has 0 saturated carbocycles. The number of nitrogens with zero attached hydrogens (tertiary/aromatic N) is 4. The van der Waals surface area contributed by atoms with Gasteiger partial charge in [-0.2, -0.15) is 5.10 Å². The van der Waals surface area contributed by atoms with Crippen LogP contribution in [0, 0.1) is 0 Å². The van der Waals surface area contributed by atoms with E-state index in [0.29, 0.717) is 6.61 Å². The first-order valence-corrected chi connectivity index (χ1v) is 5.93. The average molecular weight is 242 g/mol. The molecule has 0 saturated heterocycles. The van der Waals surface area contributed by atoms with E-state index < -0.39 is 0 Å². The second kappa shape index (κ2) is 4.52. The van der Waals surface area contributed by atoms with E-state index >= 15 is 0 Å². The molecule has 0 unspecified atom stereocenters. The zero-order valence-corrected chi connectivity index (χ0v) is 10.2. The van der Waals surface area contributed by atoms with Crippen LogP contribution in [0.15, 0.2) is 43.0 Å². The molecule has 5 nitrogen and oxygen atoms in total. The molecule has 3 rings (SSSR count). The second-order valence-electron chi connectivity index (χ2n) is 4.02. The third-order valence-electron chi connectivity index (χ3n) is 2.73. The molecule has 0 fully saturated rings. The number of aryl methyl sites for hydroxylation is 1. The van der Waals surface area contributed by atoms with Crippen LogP contribution in [0.25, 0.3) is 5.65 Å². The number of hydrogen-bond acceptors (Lipinski definition) is 3. The highest BCUT2D eigenvalue weighted by molar-refractivity contribution is 5.39. The monoisotopic (exact) mass is 242 g/mol. The van der Waals surface area contributed by atoms with Gasteiger partial charge in [-0.15, -0.1) is 0 Å². The van der Waals surface area contributed by atoms with Crippen LogP contribution in [0.3, 0.4) is 0 Å². The van der Waals surface area contributed by atoms with E-state index in [1.54, 1.807) is 6.20 Å². The summed E-state index contributed by atoms with van der Waals surface area (Å²) in [5, 5.41) is 4.16. The van der Waals surface area contributed by atoms with Gasteiger partial charge < -0.3 is 9.14 Å². The molecule has 0 aliphatic heterocycles. The van der Waals surface area contributed by atoms with Gasteiger partial charge in [0.05, 0.1) is 18.1 Å². The van der Waals surface area contributed by atoms with Crippen molar-refractivity contribution >= 4 is 5.65 Å². The smallest absolute Gasteiger partial charge is 0.157 e. The quantitative estimate of drug-likeness (QED) is 0.704. The van der Waals surface area contributed by atoms with Crippen LogP contribution < -0.4 is 4.74 Å². The largest absolute Gasteiger partial charge is 0.484 e. The van der Waals surface area contributed by atoms with E-state index in [-0.39, 0.29) is 0 Å². The van der Waals surface area contributed by atoms with Crippen molar-refractivity contribution in [3.63, 3.8) is 0 Å². The van der Waals surface area contributed by atoms with Gasteiger partial charge in [-0.25, -0.2) is 4.98 Å². The van der Waals surface area contributed by atoms with E-state index in [1.165, 1.54) is 0 Å². The zero-order valence-electron chi connectivity index (χ0n) is 10.2. The molecule has 3 heterocycles. The lowest BCUT2D eigenvalue weighted by Gasteiger charge is -1.98. The van der Waals surface area contributed by atoms with Gasteiger partial charge in [0, 0.05) is 18.9 Å². The van der Waals surface area contributed by atoms with E-state index in [1.807, 2.05) is 52.8 Å². The fourth-order valence-electron chi connectivity index (χ4n) is 1.81. The van der Waals surface area contributed by atoms with Gasteiger partial charge in [0.15, 0.2) is 5.75 Å². The minimum absolute atomic E-state index is 0.455. The minimum atomic E-state index is 0.455. The maximum atomic E-state index is 5.64. The standard InChI is InChI=1S/C13H14N4O/c1-2-17-9-12(7-14-17)18-10-11-8-16-6-4-3-5-13(16)15-11/h3-9H,2,10H2,1H3. The van der Waals surface area contributed by atoms with Crippen LogP contribution in [-0.4, -0.2) is 19.2 Å². The van der Waals surface area contributed by atoms with Crippen molar-refractivity contribution in [1.29, 1.82) is 0 Å². The maximum absolute atomic E-state index is 5.64. The van der Waals surface area contributed by atoms with Crippen LogP contribution in [0.5, 0.6) is 5.75 Å². The number of rotatable bonds is 4. The van der Waals surface area contributed by atoms with Gasteiger partial charge in [0.2, 0.25) is 0 Å². The molecule has 0 bridgehead atoms. The van der Waals surface area contributed by atoms with Crippen LogP contribution >= 0.6 is 0 Å². The van der Waals surface area contributed by atoms with Gasteiger partial charge in [-0.1, -0.05) is 6.07 Å². The number of fused-ring (bicyclic) bond motifs is 1. The lowest BCUT2D eigenvalue weighted by atomic mass is 10.5. The summed E-state index contributed by atoms with van der Waals surface area (Å²) in [6, 6.07) is 5.92. The highest BCUT2D eigenvalue weighted by atomic mass is 16.5. The minimum Gasteiger partial charge on any atom is -0.484 e. The Bertz CT molecular complexity index is 623. The molecule has 0 aliphatic carbocycles. The SMILES string of the molecule is CCn1cc(OCc2cn3ccccc3n2)cn1. The van der Waals surface area contributed by atoms with Crippen molar-refractivity contribution in [2.24, 2.45) is 0 Å². The molecule has 0 amide bonds. The summed E-state index contributed by atoms with van der Waals surface area (Å²) in [5.74, 6) is 0.772. The summed E-state index contributed by atoms with van der Waals surface area (Å²) in [6.45, 7) is 3.34. The van der Waals surface area contributed by atoms with Crippen molar-refractivity contribution in [2.45, 2.75) is 20.1 Å². The van der Waals surface area contributed by atoms with Crippen molar-refractivity contribution in [1.82, 2.24) is 19.2 Å². The first kappa shape index (κ1) is 10.8. The van der Waals surface area contributed by atoms with Gasteiger partial charge in [0.25, 0.3) is 0 Å². The van der Waals surface area contributed by atoms with E-state index in [4.69, 9.17) is 4.74 Å². The molecule has 92 valence electrons. The highest BCUT2D eigenvalue weighted by Gasteiger charge is 2.03. The third kappa shape index (κ3) is 2.07. The Morgan fingerprint density at radius 3 is 3.00 bits per heavy atom. The first-order valence-electron chi connectivity index (χ1n) is 5.93. The van der Waals surface area contributed by atoms with Crippen LogP contribution in [-0.2, 0) is 13.2 Å². The fourth-order valence-corrected chi connectivity index (χ4v) is 1.81. The molecule has 3 aromatic heterocycles. The molecule has 3 aromatic rings. The molecule has 0 aromatic carbocycles. The first-order chi connectivity index (χ1) is 8.85. The molecule has 0 radical (unpaired) electrons. The summed E-state index contributed by atoms with van der Waals surface area (Å²) in [4.78, 5) is 4.47. The predicted molar refractivity (Wildman–Crippen MR) is 67.4 cm³/mol. The Kier molecular flexibility index (Phi) is 2.72. The molecule has 18 heavy (non-hydrogen) atoms. The zero-order chi connectivity index (χ0) is 12.4. The number of ether oxygens (including phenoxy) is 1. The molecule has 0 aliphatic rings. The Morgan fingerprint density at radius 2 is 2.22 bits per heavy atom. The van der Waals surface area contributed by atoms with Gasteiger partial charge in [0.1, 0.15) is 12.3 Å². The summed E-state index contributed by atoms with van der Waals surface area (Å²) >= 11 is 0. The van der Waals surface area contributed by atoms with Crippen molar-refractivity contribution in [3.05, 3.63) is 48.7 Å². The topological polar surface area (TPSA) is 44.4 Å². The molecule has 0 atom stereocenters. The summed E-state index contributed by atoms with van der Waals surface area (Å²) in [6.07, 6.45) is 7.55. The van der Waals surface area contributed by atoms with Gasteiger partial charge in [-0.3, -0.25) is 4.68 Å². The van der Waals surface area contributed by atoms with E-state index in [2.05, 4.69) is 10.1 Å². The number of imidazole rings is 1. The second-order valence-corrected chi connectivity index (χ2v) is 4.02. The van der Waals surface area contributed by atoms with Crippen LogP contribution in [0.1, 0.15) is 12.6 Å². The summed E-state index contributed by atoms with van der Waals surface area (Å²) < 4.78 is 9.46. The van der Waals surface area contributed by atoms with Crippen LogP contribution in [0.4, 0.5) is 0 Å². The molecule has 5 heteroatoms. The summed E-state index contributed by atoms with van der Waals surface area (Å²) in [5.41, 5.74) is 1.84. The van der Waals surface area contributed by atoms with Crippen molar-refractivity contribution in [2.75, 3.05) is 0 Å². The Morgan fingerprint density at radius 1 is 1.28 bits per heavy atom. The van der Waals surface area contributed by atoms with Crippen LogP contribution in [0.2, 0.25) is 0 Å². The average Bonchev–Trinajstić information content (AvgIpc) is 3.02. The predicted octanol–water partition coefficient (Wildman–Crippen LogP) is 2.13. The van der Waals surface area contributed by atoms with E-state index in [0.717, 1.165) is 23.6 Å². The Labute approximate surface area is 105 Å². The molecule has 0 spiro atoms. The summed E-state index contributed by atoms with van der Waals surface area (Å²) in [7, 11) is 0. The third-order valence-corrected chi connectivity index (χ3v) is 2.73. The Balaban J connectivity index is 1.72. The number of pyridine rings is 1. The number of hydrogen-bond donors (Lipinski definition) is 0. The fraction of sp³-hybridized carbons (Fsp3) is 0.231. The molecular formula is C13H14N4O. The lowest BCUT2D eigenvalue weighted by molar-refractivity contribution is 0.301. The number of aromatic nitrogens is 4. The van der Waals surface area contributed by atoms with Gasteiger partial charge in [-0.05, 0) is 19.1 Å². The van der Waals surface area contributed by atoms with E-state index in [9.17, 15) is 0 Å².